The van der Waals surface area contributed by atoms with Gasteiger partial charge in [0, 0.05) is 39.8 Å². The number of hydrogen-bond donors (Lipinski definition) is 1. The van der Waals surface area contributed by atoms with Gasteiger partial charge in [0.1, 0.15) is 0 Å². The summed E-state index contributed by atoms with van der Waals surface area (Å²) in [7, 11) is 1.64. The van der Waals surface area contributed by atoms with Crippen molar-refractivity contribution in [1.82, 2.24) is 10.2 Å². The summed E-state index contributed by atoms with van der Waals surface area (Å²) in [6.07, 6.45) is 1.15. The number of hydrogen-bond acceptors (Lipinski definition) is 3. The van der Waals surface area contributed by atoms with Crippen molar-refractivity contribution in [3.8, 4) is 0 Å². The lowest BCUT2D eigenvalue weighted by Gasteiger charge is -2.18. The molecular formula is C13H24N2O3. The highest BCUT2D eigenvalue weighted by molar-refractivity contribution is 5.89. The summed E-state index contributed by atoms with van der Waals surface area (Å²) < 4.78 is 4.91. The van der Waals surface area contributed by atoms with Crippen molar-refractivity contribution in [3.05, 3.63) is 0 Å². The van der Waals surface area contributed by atoms with Crippen LogP contribution in [0, 0.1) is 11.8 Å². The van der Waals surface area contributed by atoms with Crippen LogP contribution in [0.15, 0.2) is 0 Å². The first kappa shape index (κ1) is 15.0. The van der Waals surface area contributed by atoms with E-state index < -0.39 is 0 Å². The van der Waals surface area contributed by atoms with Crippen molar-refractivity contribution >= 4 is 11.8 Å². The summed E-state index contributed by atoms with van der Waals surface area (Å²) in [5, 5.41) is 2.86. The van der Waals surface area contributed by atoms with Gasteiger partial charge in [-0.1, -0.05) is 13.8 Å². The van der Waals surface area contributed by atoms with E-state index in [1.165, 1.54) is 0 Å². The lowest BCUT2D eigenvalue weighted by molar-refractivity contribution is -0.129. The Balaban J connectivity index is 2.31. The van der Waals surface area contributed by atoms with Crippen LogP contribution in [-0.2, 0) is 14.3 Å². The summed E-state index contributed by atoms with van der Waals surface area (Å²) in [5.74, 6) is 0.350. The smallest absolute Gasteiger partial charge is 0.225 e. The molecule has 1 aliphatic heterocycles. The summed E-state index contributed by atoms with van der Waals surface area (Å²) in [5.41, 5.74) is 0. The van der Waals surface area contributed by atoms with Crippen LogP contribution in [0.25, 0.3) is 0 Å². The van der Waals surface area contributed by atoms with Crippen molar-refractivity contribution in [2.45, 2.75) is 26.7 Å². The molecule has 1 N–H and O–H groups in total. The molecule has 0 aromatic heterocycles. The van der Waals surface area contributed by atoms with Gasteiger partial charge in [-0.3, -0.25) is 9.59 Å². The van der Waals surface area contributed by atoms with Crippen LogP contribution in [0.5, 0.6) is 0 Å². The predicted molar refractivity (Wildman–Crippen MR) is 69.0 cm³/mol. The van der Waals surface area contributed by atoms with E-state index in [0.29, 0.717) is 32.0 Å². The van der Waals surface area contributed by atoms with Gasteiger partial charge in [0.05, 0.1) is 5.92 Å². The molecule has 1 aliphatic rings. The fourth-order valence-corrected chi connectivity index (χ4v) is 2.14. The molecule has 1 rings (SSSR count). The van der Waals surface area contributed by atoms with Crippen molar-refractivity contribution in [1.29, 1.82) is 0 Å². The second-order valence-electron chi connectivity index (χ2n) is 5.23. The molecule has 0 unspecified atom stereocenters. The van der Waals surface area contributed by atoms with E-state index in [-0.39, 0.29) is 17.7 Å². The topological polar surface area (TPSA) is 58.6 Å². The van der Waals surface area contributed by atoms with Crippen LogP contribution in [0.4, 0.5) is 0 Å². The number of ether oxygens (including phenoxy) is 1. The Kier molecular flexibility index (Phi) is 6.12. The quantitative estimate of drug-likeness (QED) is 0.680. The Hall–Kier alpha value is -1.10. The van der Waals surface area contributed by atoms with Gasteiger partial charge in [-0.15, -0.1) is 0 Å². The zero-order chi connectivity index (χ0) is 13.5. The molecule has 18 heavy (non-hydrogen) atoms. The summed E-state index contributed by atoms with van der Waals surface area (Å²) in [4.78, 5) is 25.4. The lowest BCUT2D eigenvalue weighted by Crippen LogP contribution is -2.34. The minimum absolute atomic E-state index is 0.00860. The molecule has 1 fully saturated rings. The SMILES string of the molecule is COCCCNC(=O)[C@H]1CC(=O)N(CC(C)C)C1. The van der Waals surface area contributed by atoms with Gasteiger partial charge in [0.2, 0.25) is 11.8 Å². The van der Waals surface area contributed by atoms with E-state index in [1.54, 1.807) is 12.0 Å². The highest BCUT2D eigenvalue weighted by atomic mass is 16.5. The predicted octanol–water partition coefficient (Wildman–Crippen LogP) is 0.644. The molecule has 104 valence electrons. The van der Waals surface area contributed by atoms with Crippen LogP contribution in [-0.4, -0.2) is 50.1 Å². The number of nitrogens with zero attached hydrogens (tertiary/aromatic N) is 1. The van der Waals surface area contributed by atoms with Gasteiger partial charge in [0.15, 0.2) is 0 Å². The highest BCUT2D eigenvalue weighted by Gasteiger charge is 2.34. The molecule has 1 heterocycles. The van der Waals surface area contributed by atoms with Gasteiger partial charge < -0.3 is 15.0 Å². The number of amides is 2. The molecule has 0 spiro atoms. The normalized spacial score (nSPS) is 19.7. The minimum atomic E-state index is -0.182. The molecule has 0 radical (unpaired) electrons. The average molecular weight is 256 g/mol. The first-order valence-electron chi connectivity index (χ1n) is 6.59. The van der Waals surface area contributed by atoms with Gasteiger partial charge in [0.25, 0.3) is 0 Å². The number of methoxy groups -OCH3 is 1. The van der Waals surface area contributed by atoms with E-state index in [9.17, 15) is 9.59 Å². The zero-order valence-electron chi connectivity index (χ0n) is 11.6. The number of rotatable bonds is 7. The summed E-state index contributed by atoms with van der Waals surface area (Å²) in [6, 6.07) is 0. The zero-order valence-corrected chi connectivity index (χ0v) is 11.6. The molecule has 0 bridgehead atoms. The molecule has 0 aromatic rings. The van der Waals surface area contributed by atoms with E-state index in [2.05, 4.69) is 19.2 Å². The van der Waals surface area contributed by atoms with Crippen molar-refractivity contribution < 1.29 is 14.3 Å². The third-order valence-electron chi connectivity index (χ3n) is 3.00. The molecule has 1 saturated heterocycles. The minimum Gasteiger partial charge on any atom is -0.385 e. The molecule has 5 heteroatoms. The van der Waals surface area contributed by atoms with Gasteiger partial charge in [-0.2, -0.15) is 0 Å². The number of nitrogens with one attached hydrogen (secondary N) is 1. The molecule has 0 aromatic carbocycles. The van der Waals surface area contributed by atoms with E-state index in [0.717, 1.165) is 13.0 Å². The van der Waals surface area contributed by atoms with Crippen molar-refractivity contribution in [2.24, 2.45) is 11.8 Å². The second kappa shape index (κ2) is 7.36. The monoisotopic (exact) mass is 256 g/mol. The van der Waals surface area contributed by atoms with Gasteiger partial charge in [-0.25, -0.2) is 0 Å². The number of carbonyl (C=O) groups is 2. The van der Waals surface area contributed by atoms with Gasteiger partial charge >= 0.3 is 0 Å². The molecule has 5 nitrogen and oxygen atoms in total. The standard InChI is InChI=1S/C13H24N2O3/c1-10(2)8-15-9-11(7-12(15)16)13(17)14-5-4-6-18-3/h10-11H,4-9H2,1-3H3,(H,14,17)/t11-/m0/s1. The summed E-state index contributed by atoms with van der Waals surface area (Å²) >= 11 is 0. The third kappa shape index (κ3) is 4.64. The van der Waals surface area contributed by atoms with Crippen molar-refractivity contribution in [2.75, 3.05) is 33.4 Å². The van der Waals surface area contributed by atoms with E-state index in [1.807, 2.05) is 0 Å². The van der Waals surface area contributed by atoms with E-state index >= 15 is 0 Å². The first-order valence-corrected chi connectivity index (χ1v) is 6.59. The number of carbonyl (C=O) groups excluding carboxylic acids is 2. The molecule has 0 saturated carbocycles. The lowest BCUT2D eigenvalue weighted by atomic mass is 10.1. The van der Waals surface area contributed by atoms with Crippen molar-refractivity contribution in [3.63, 3.8) is 0 Å². The Morgan fingerprint density at radius 1 is 1.56 bits per heavy atom. The van der Waals surface area contributed by atoms with Crippen LogP contribution in [0.3, 0.4) is 0 Å². The largest absolute Gasteiger partial charge is 0.385 e. The Labute approximate surface area is 109 Å². The van der Waals surface area contributed by atoms with Crippen LogP contribution < -0.4 is 5.32 Å². The second-order valence-corrected chi connectivity index (χ2v) is 5.23. The maximum absolute atomic E-state index is 11.9. The maximum Gasteiger partial charge on any atom is 0.225 e. The Morgan fingerprint density at radius 2 is 2.28 bits per heavy atom. The van der Waals surface area contributed by atoms with Crippen LogP contribution in [0.1, 0.15) is 26.7 Å². The third-order valence-corrected chi connectivity index (χ3v) is 3.00. The summed E-state index contributed by atoms with van der Waals surface area (Å²) in [6.45, 7) is 6.71. The Morgan fingerprint density at radius 3 is 2.89 bits per heavy atom. The molecular weight excluding hydrogens is 232 g/mol. The highest BCUT2D eigenvalue weighted by Crippen LogP contribution is 2.19. The van der Waals surface area contributed by atoms with Crippen LogP contribution in [0.2, 0.25) is 0 Å². The molecule has 2 amide bonds. The maximum atomic E-state index is 11.9. The molecule has 0 aliphatic carbocycles. The Bertz CT molecular complexity index is 292. The fraction of sp³-hybridized carbons (Fsp3) is 0.846. The molecule has 1 atom stereocenters. The number of likely N-dealkylation sites (tertiary alicyclic amines) is 1. The van der Waals surface area contributed by atoms with Crippen LogP contribution >= 0.6 is 0 Å². The fourth-order valence-electron chi connectivity index (χ4n) is 2.14. The van der Waals surface area contributed by atoms with Gasteiger partial charge in [-0.05, 0) is 12.3 Å². The average Bonchev–Trinajstić information content (AvgIpc) is 2.65. The first-order chi connectivity index (χ1) is 8.54. The van der Waals surface area contributed by atoms with E-state index in [4.69, 9.17) is 4.74 Å².